The molecule has 5 nitrogen and oxygen atoms in total. The Labute approximate surface area is 133 Å². The van der Waals surface area contributed by atoms with E-state index in [4.69, 9.17) is 0 Å². The van der Waals surface area contributed by atoms with E-state index in [0.29, 0.717) is 12.1 Å². The van der Waals surface area contributed by atoms with Crippen LogP contribution in [0, 0.1) is 23.3 Å². The maximum atomic E-state index is 13.6. The first-order valence-electron chi connectivity index (χ1n) is 6.42. The summed E-state index contributed by atoms with van der Waals surface area (Å²) < 4.78 is 57.0. The summed E-state index contributed by atoms with van der Waals surface area (Å²) in [4.78, 5) is 23.0. The molecule has 2 N–H and O–H groups in total. The van der Waals surface area contributed by atoms with Crippen molar-refractivity contribution in [2.45, 2.75) is 0 Å². The van der Waals surface area contributed by atoms with Crippen molar-refractivity contribution in [1.29, 1.82) is 0 Å². The predicted octanol–water partition coefficient (Wildman–Crippen LogP) is 3.67. The summed E-state index contributed by atoms with van der Waals surface area (Å²) in [5, 5.41) is 4.32. The van der Waals surface area contributed by atoms with E-state index >= 15 is 0 Å². The summed E-state index contributed by atoms with van der Waals surface area (Å²) in [5.41, 5.74) is -0.729. The van der Waals surface area contributed by atoms with Crippen molar-refractivity contribution in [3.05, 3.63) is 59.2 Å². The summed E-state index contributed by atoms with van der Waals surface area (Å²) in [6.07, 6.45) is -0.931. The Morgan fingerprint density at radius 3 is 2.12 bits per heavy atom. The van der Waals surface area contributed by atoms with Crippen LogP contribution in [0.5, 0.6) is 0 Å². The van der Waals surface area contributed by atoms with Gasteiger partial charge < -0.3 is 10.1 Å². The molecule has 0 radical (unpaired) electrons. The number of halogens is 4. The van der Waals surface area contributed by atoms with E-state index in [0.717, 1.165) is 25.3 Å². The molecule has 2 rings (SSSR count). The number of anilines is 2. The average molecular weight is 342 g/mol. The second kappa shape index (κ2) is 6.99. The van der Waals surface area contributed by atoms with Crippen molar-refractivity contribution in [2.75, 3.05) is 17.7 Å². The summed E-state index contributed by atoms with van der Waals surface area (Å²) in [5.74, 6) is -6.49. The van der Waals surface area contributed by atoms with Gasteiger partial charge in [0.1, 0.15) is 5.82 Å². The van der Waals surface area contributed by atoms with Crippen molar-refractivity contribution in [3.8, 4) is 0 Å². The average Bonchev–Trinajstić information content (AvgIpc) is 2.54. The molecule has 9 heteroatoms. The summed E-state index contributed by atoms with van der Waals surface area (Å²) in [6.45, 7) is 0. The number of rotatable bonds is 3. The van der Waals surface area contributed by atoms with Crippen LogP contribution in [0.15, 0.2) is 30.3 Å². The molecule has 2 amide bonds. The Hall–Kier alpha value is -3.10. The van der Waals surface area contributed by atoms with Crippen molar-refractivity contribution in [2.24, 2.45) is 0 Å². The molecule has 0 unspecified atom stereocenters. The highest BCUT2D eigenvalue weighted by Gasteiger charge is 2.16. The molecule has 0 aliphatic rings. The first-order valence-corrected chi connectivity index (χ1v) is 6.42. The van der Waals surface area contributed by atoms with Crippen LogP contribution in [0.25, 0.3) is 0 Å². The van der Waals surface area contributed by atoms with Crippen LogP contribution in [-0.4, -0.2) is 19.1 Å². The van der Waals surface area contributed by atoms with Gasteiger partial charge in [0, 0.05) is 11.3 Å². The highest BCUT2D eigenvalue weighted by atomic mass is 19.2. The zero-order valence-corrected chi connectivity index (χ0v) is 12.1. The largest absolute Gasteiger partial charge is 0.453 e. The third-order valence-electron chi connectivity index (χ3n) is 2.89. The van der Waals surface area contributed by atoms with E-state index in [9.17, 15) is 27.2 Å². The number of carbonyl (C=O) groups is 2. The number of nitrogens with one attached hydrogen (secondary N) is 2. The molecule has 0 heterocycles. The fourth-order valence-electron chi connectivity index (χ4n) is 1.75. The number of methoxy groups -OCH3 is 1. The van der Waals surface area contributed by atoms with Gasteiger partial charge in [-0.25, -0.2) is 22.4 Å². The van der Waals surface area contributed by atoms with E-state index in [1.165, 1.54) is 0 Å². The number of ether oxygens (including phenoxy) is 1. The standard InChI is InChI=1S/C15H10F4N2O3/c1-24-15(23)21-12-6-8(2-3-9(12)16)20-14(22)7-4-10(17)13(19)11(18)5-7/h2-6H,1H3,(H,20,22)(H,21,23). The van der Waals surface area contributed by atoms with Gasteiger partial charge >= 0.3 is 6.09 Å². The van der Waals surface area contributed by atoms with Gasteiger partial charge in [0.05, 0.1) is 12.8 Å². The molecular weight excluding hydrogens is 332 g/mol. The minimum Gasteiger partial charge on any atom is -0.453 e. The third-order valence-corrected chi connectivity index (χ3v) is 2.89. The van der Waals surface area contributed by atoms with E-state index in [1.54, 1.807) is 0 Å². The molecule has 0 aliphatic heterocycles. The number of hydrogen-bond acceptors (Lipinski definition) is 3. The Kier molecular flexibility index (Phi) is 5.02. The molecular formula is C15H10F4N2O3. The quantitative estimate of drug-likeness (QED) is 0.661. The van der Waals surface area contributed by atoms with Gasteiger partial charge in [-0.2, -0.15) is 0 Å². The van der Waals surface area contributed by atoms with Crippen LogP contribution in [-0.2, 0) is 4.74 Å². The maximum Gasteiger partial charge on any atom is 0.411 e. The van der Waals surface area contributed by atoms with Crippen LogP contribution in [0.1, 0.15) is 10.4 Å². The second-order valence-corrected chi connectivity index (χ2v) is 4.52. The van der Waals surface area contributed by atoms with E-state index in [-0.39, 0.29) is 11.4 Å². The Balaban J connectivity index is 2.23. The van der Waals surface area contributed by atoms with Gasteiger partial charge in [0.2, 0.25) is 0 Å². The molecule has 0 aliphatic carbocycles. The normalized spacial score (nSPS) is 10.2. The van der Waals surface area contributed by atoms with E-state index in [2.05, 4.69) is 15.4 Å². The Morgan fingerprint density at radius 2 is 1.54 bits per heavy atom. The zero-order chi connectivity index (χ0) is 17.9. The highest BCUT2D eigenvalue weighted by molar-refractivity contribution is 6.04. The van der Waals surface area contributed by atoms with Gasteiger partial charge in [-0.05, 0) is 30.3 Å². The van der Waals surface area contributed by atoms with Crippen molar-refractivity contribution in [1.82, 2.24) is 0 Å². The Morgan fingerprint density at radius 1 is 0.917 bits per heavy atom. The molecule has 2 aromatic rings. The van der Waals surface area contributed by atoms with Gasteiger partial charge in [0.15, 0.2) is 17.5 Å². The molecule has 0 fully saturated rings. The lowest BCUT2D eigenvalue weighted by atomic mass is 10.2. The van der Waals surface area contributed by atoms with E-state index < -0.39 is 40.8 Å². The fraction of sp³-hybridized carbons (Fsp3) is 0.0667. The molecule has 126 valence electrons. The zero-order valence-electron chi connectivity index (χ0n) is 12.1. The number of benzene rings is 2. The summed E-state index contributed by atoms with van der Waals surface area (Å²) in [7, 11) is 1.08. The first kappa shape index (κ1) is 17.3. The molecule has 0 spiro atoms. The van der Waals surface area contributed by atoms with Gasteiger partial charge in [0.25, 0.3) is 5.91 Å². The third kappa shape index (κ3) is 3.80. The highest BCUT2D eigenvalue weighted by Crippen LogP contribution is 2.21. The van der Waals surface area contributed by atoms with Crippen molar-refractivity contribution < 1.29 is 31.9 Å². The SMILES string of the molecule is COC(=O)Nc1cc(NC(=O)c2cc(F)c(F)c(F)c2)ccc1F. The number of hydrogen-bond donors (Lipinski definition) is 2. The summed E-state index contributed by atoms with van der Waals surface area (Å²) >= 11 is 0. The number of amides is 2. The maximum absolute atomic E-state index is 13.6. The Bertz CT molecular complexity index is 788. The topological polar surface area (TPSA) is 67.4 Å². The number of carbonyl (C=O) groups excluding carboxylic acids is 2. The van der Waals surface area contributed by atoms with Crippen LogP contribution >= 0.6 is 0 Å². The smallest absolute Gasteiger partial charge is 0.411 e. The van der Waals surface area contributed by atoms with Crippen LogP contribution in [0.3, 0.4) is 0 Å². The molecule has 24 heavy (non-hydrogen) atoms. The lowest BCUT2D eigenvalue weighted by Gasteiger charge is -2.09. The summed E-state index contributed by atoms with van der Waals surface area (Å²) in [6, 6.07) is 4.22. The molecule has 2 aromatic carbocycles. The first-order chi connectivity index (χ1) is 11.3. The van der Waals surface area contributed by atoms with Crippen molar-refractivity contribution in [3.63, 3.8) is 0 Å². The molecule has 0 bridgehead atoms. The van der Waals surface area contributed by atoms with Crippen molar-refractivity contribution >= 4 is 23.4 Å². The van der Waals surface area contributed by atoms with Gasteiger partial charge in [-0.3, -0.25) is 10.1 Å². The second-order valence-electron chi connectivity index (χ2n) is 4.52. The predicted molar refractivity (Wildman–Crippen MR) is 76.7 cm³/mol. The minimum atomic E-state index is -1.70. The monoisotopic (exact) mass is 342 g/mol. The van der Waals surface area contributed by atoms with Crippen LogP contribution in [0.2, 0.25) is 0 Å². The molecule has 0 saturated carbocycles. The lowest BCUT2D eigenvalue weighted by molar-refractivity contribution is 0.102. The minimum absolute atomic E-state index is 0.0259. The molecule has 0 aromatic heterocycles. The molecule has 0 saturated heterocycles. The van der Waals surface area contributed by atoms with Crippen LogP contribution in [0.4, 0.5) is 33.7 Å². The lowest BCUT2D eigenvalue weighted by Crippen LogP contribution is -2.15. The fourth-order valence-corrected chi connectivity index (χ4v) is 1.75. The van der Waals surface area contributed by atoms with Gasteiger partial charge in [-0.15, -0.1) is 0 Å². The van der Waals surface area contributed by atoms with Gasteiger partial charge in [-0.1, -0.05) is 0 Å². The molecule has 0 atom stereocenters. The van der Waals surface area contributed by atoms with E-state index in [1.807, 2.05) is 0 Å². The van der Waals surface area contributed by atoms with Crippen LogP contribution < -0.4 is 10.6 Å².